The van der Waals surface area contributed by atoms with Crippen molar-refractivity contribution in [3.63, 3.8) is 0 Å². The number of halogens is 2. The molecule has 1 atom stereocenters. The van der Waals surface area contributed by atoms with Crippen LogP contribution in [0.5, 0.6) is 5.75 Å². The van der Waals surface area contributed by atoms with E-state index in [1.54, 1.807) is 19.1 Å². The van der Waals surface area contributed by atoms with Crippen LogP contribution in [0.4, 0.5) is 4.39 Å². The molecule has 0 aliphatic heterocycles. The van der Waals surface area contributed by atoms with Crippen LogP contribution in [0, 0.1) is 11.7 Å². The summed E-state index contributed by atoms with van der Waals surface area (Å²) in [6.07, 6.45) is 0. The molecule has 180 valence electrons. The Hall–Kier alpha value is -2.41. The third-order valence-corrected chi connectivity index (χ3v) is 5.89. The van der Waals surface area contributed by atoms with E-state index in [4.69, 9.17) is 4.74 Å². The molecule has 33 heavy (non-hydrogen) atoms. The summed E-state index contributed by atoms with van der Waals surface area (Å²) in [7, 11) is 0. The van der Waals surface area contributed by atoms with Crippen molar-refractivity contribution in [2.24, 2.45) is 5.92 Å². The third kappa shape index (κ3) is 8.14. The van der Waals surface area contributed by atoms with Crippen molar-refractivity contribution in [2.45, 2.75) is 59.5 Å². The van der Waals surface area contributed by atoms with Gasteiger partial charge in [-0.15, -0.1) is 0 Å². The van der Waals surface area contributed by atoms with Crippen molar-refractivity contribution in [3.8, 4) is 5.75 Å². The van der Waals surface area contributed by atoms with E-state index in [-0.39, 0.29) is 36.2 Å². The van der Waals surface area contributed by atoms with Crippen LogP contribution < -0.4 is 10.1 Å². The second-order valence-electron chi connectivity index (χ2n) is 9.65. The molecule has 0 bridgehead atoms. The number of benzene rings is 2. The second kappa shape index (κ2) is 11.6. The molecular formula is C26H34BrFN2O3. The van der Waals surface area contributed by atoms with Crippen LogP contribution in [-0.2, 0) is 21.5 Å². The van der Waals surface area contributed by atoms with Crippen molar-refractivity contribution in [1.29, 1.82) is 0 Å². The number of nitrogens with zero attached hydrogens (tertiary/aromatic N) is 1. The first-order chi connectivity index (χ1) is 15.4. The lowest BCUT2D eigenvalue weighted by Gasteiger charge is -2.29. The average molecular weight is 521 g/mol. The van der Waals surface area contributed by atoms with Gasteiger partial charge in [0.15, 0.2) is 6.61 Å². The Morgan fingerprint density at radius 2 is 1.73 bits per heavy atom. The molecule has 0 aliphatic carbocycles. The summed E-state index contributed by atoms with van der Waals surface area (Å²) in [5, 5.41) is 2.87. The molecule has 7 heteroatoms. The lowest BCUT2D eigenvalue weighted by Crippen LogP contribution is -2.49. The summed E-state index contributed by atoms with van der Waals surface area (Å²) >= 11 is 3.52. The second-order valence-corrected chi connectivity index (χ2v) is 10.5. The molecule has 0 spiro atoms. The molecule has 0 saturated heterocycles. The maximum Gasteiger partial charge on any atom is 0.261 e. The molecule has 1 N–H and O–H groups in total. The van der Waals surface area contributed by atoms with Gasteiger partial charge in [-0.1, -0.05) is 52.8 Å². The van der Waals surface area contributed by atoms with Gasteiger partial charge in [-0.25, -0.2) is 4.39 Å². The summed E-state index contributed by atoms with van der Waals surface area (Å²) in [5.41, 5.74) is 1.85. The van der Waals surface area contributed by atoms with Gasteiger partial charge in [-0.2, -0.15) is 0 Å². The normalized spacial score (nSPS) is 12.4. The van der Waals surface area contributed by atoms with Gasteiger partial charge in [0.05, 0.1) is 4.47 Å². The Morgan fingerprint density at radius 3 is 2.27 bits per heavy atom. The van der Waals surface area contributed by atoms with Crippen molar-refractivity contribution in [1.82, 2.24) is 10.2 Å². The maximum atomic E-state index is 13.3. The zero-order valence-corrected chi connectivity index (χ0v) is 21.8. The lowest BCUT2D eigenvalue weighted by molar-refractivity contribution is -0.142. The van der Waals surface area contributed by atoms with E-state index >= 15 is 0 Å². The largest absolute Gasteiger partial charge is 0.483 e. The van der Waals surface area contributed by atoms with Crippen LogP contribution in [-0.4, -0.2) is 35.9 Å². The Bertz CT molecular complexity index is 955. The molecule has 0 fully saturated rings. The van der Waals surface area contributed by atoms with Crippen molar-refractivity contribution in [3.05, 3.63) is 63.9 Å². The van der Waals surface area contributed by atoms with Crippen LogP contribution in [0.25, 0.3) is 0 Å². The monoisotopic (exact) mass is 520 g/mol. The molecule has 0 radical (unpaired) electrons. The number of nitrogens with one attached hydrogen (secondary N) is 1. The highest BCUT2D eigenvalue weighted by Crippen LogP contribution is 2.31. The Morgan fingerprint density at radius 1 is 1.09 bits per heavy atom. The SMILES string of the molecule is CC(C)CNC(=O)C(C)N(Cc1ccc(F)cc1)C(=O)COc1ccc(C(C)(C)C)cc1Br. The molecule has 2 amide bonds. The quantitative estimate of drug-likeness (QED) is 0.477. The highest BCUT2D eigenvalue weighted by molar-refractivity contribution is 9.10. The van der Waals surface area contributed by atoms with Gasteiger partial charge in [0.25, 0.3) is 5.91 Å². The summed E-state index contributed by atoms with van der Waals surface area (Å²) in [5.74, 6) is -0.0893. The van der Waals surface area contributed by atoms with E-state index < -0.39 is 6.04 Å². The number of carbonyl (C=O) groups excluding carboxylic acids is 2. The van der Waals surface area contributed by atoms with Gasteiger partial charge in [0.1, 0.15) is 17.6 Å². The van der Waals surface area contributed by atoms with Gasteiger partial charge >= 0.3 is 0 Å². The zero-order valence-electron chi connectivity index (χ0n) is 20.2. The number of amides is 2. The van der Waals surface area contributed by atoms with E-state index in [0.717, 1.165) is 15.6 Å². The molecule has 0 saturated carbocycles. The average Bonchev–Trinajstić information content (AvgIpc) is 2.74. The Labute approximate surface area is 204 Å². The van der Waals surface area contributed by atoms with Gasteiger partial charge in [-0.05, 0) is 69.6 Å². The van der Waals surface area contributed by atoms with Crippen molar-refractivity contribution >= 4 is 27.7 Å². The van der Waals surface area contributed by atoms with Crippen LogP contribution >= 0.6 is 15.9 Å². The van der Waals surface area contributed by atoms with Gasteiger partial charge in [0.2, 0.25) is 5.91 Å². The van der Waals surface area contributed by atoms with Crippen LogP contribution in [0.2, 0.25) is 0 Å². The zero-order chi connectivity index (χ0) is 24.8. The standard InChI is InChI=1S/C26H34BrFN2O3/c1-17(2)14-29-25(32)18(3)30(15-19-7-10-21(28)11-8-19)24(31)16-33-23-12-9-20(13-22(23)27)26(4,5)6/h7-13,17-18H,14-16H2,1-6H3,(H,29,32). The van der Waals surface area contributed by atoms with E-state index in [1.165, 1.54) is 17.0 Å². The fraction of sp³-hybridized carbons (Fsp3) is 0.462. The fourth-order valence-electron chi connectivity index (χ4n) is 3.13. The molecule has 0 aromatic heterocycles. The number of hydrogen-bond donors (Lipinski definition) is 1. The topological polar surface area (TPSA) is 58.6 Å². The molecule has 5 nitrogen and oxygen atoms in total. The van der Waals surface area contributed by atoms with Crippen LogP contribution in [0.1, 0.15) is 52.7 Å². The van der Waals surface area contributed by atoms with Crippen LogP contribution in [0.15, 0.2) is 46.9 Å². The summed E-state index contributed by atoms with van der Waals surface area (Å²) < 4.78 is 19.9. The van der Waals surface area contributed by atoms with Crippen molar-refractivity contribution in [2.75, 3.05) is 13.2 Å². The molecular weight excluding hydrogens is 487 g/mol. The predicted molar refractivity (Wildman–Crippen MR) is 133 cm³/mol. The predicted octanol–water partition coefficient (Wildman–Crippen LogP) is 5.45. The third-order valence-electron chi connectivity index (χ3n) is 5.27. The molecule has 1 unspecified atom stereocenters. The number of hydrogen-bond acceptors (Lipinski definition) is 3. The number of rotatable bonds is 9. The summed E-state index contributed by atoms with van der Waals surface area (Å²) in [6, 6.07) is 11.0. The highest BCUT2D eigenvalue weighted by Gasteiger charge is 2.27. The van der Waals surface area contributed by atoms with E-state index in [2.05, 4.69) is 42.0 Å². The minimum Gasteiger partial charge on any atom is -0.483 e. The van der Waals surface area contributed by atoms with E-state index in [9.17, 15) is 14.0 Å². The summed E-state index contributed by atoms with van der Waals surface area (Å²) in [6.45, 7) is 12.5. The van der Waals surface area contributed by atoms with E-state index in [0.29, 0.717) is 18.2 Å². The van der Waals surface area contributed by atoms with E-state index in [1.807, 2.05) is 32.0 Å². The molecule has 2 aromatic rings. The van der Waals surface area contributed by atoms with Gasteiger partial charge in [-0.3, -0.25) is 9.59 Å². The maximum absolute atomic E-state index is 13.3. The number of carbonyl (C=O) groups is 2. The van der Waals surface area contributed by atoms with Crippen molar-refractivity contribution < 1.29 is 18.7 Å². The fourth-order valence-corrected chi connectivity index (χ4v) is 3.62. The molecule has 0 heterocycles. The first-order valence-corrected chi connectivity index (χ1v) is 11.9. The minimum absolute atomic E-state index is 0.0123. The highest BCUT2D eigenvalue weighted by atomic mass is 79.9. The van der Waals surface area contributed by atoms with Gasteiger partial charge in [0, 0.05) is 13.1 Å². The van der Waals surface area contributed by atoms with Gasteiger partial charge < -0.3 is 15.0 Å². The molecule has 0 aliphatic rings. The molecule has 2 aromatic carbocycles. The Kier molecular flexibility index (Phi) is 9.46. The Balaban J connectivity index is 2.16. The minimum atomic E-state index is -0.711. The lowest BCUT2D eigenvalue weighted by atomic mass is 9.87. The number of ether oxygens (including phenoxy) is 1. The smallest absolute Gasteiger partial charge is 0.261 e. The summed E-state index contributed by atoms with van der Waals surface area (Å²) in [4.78, 5) is 27.3. The molecule has 2 rings (SSSR count). The first kappa shape index (κ1) is 26.8. The van der Waals surface area contributed by atoms with Crippen LogP contribution in [0.3, 0.4) is 0 Å². The first-order valence-electron chi connectivity index (χ1n) is 11.1.